The van der Waals surface area contributed by atoms with Crippen LogP contribution in [0.3, 0.4) is 0 Å². The van der Waals surface area contributed by atoms with Gasteiger partial charge in [-0.1, -0.05) is 0 Å². The van der Waals surface area contributed by atoms with Gasteiger partial charge in [-0.2, -0.15) is 0 Å². The number of rotatable bonds is 6. The lowest BCUT2D eigenvalue weighted by Crippen LogP contribution is -2.17. The van der Waals surface area contributed by atoms with E-state index < -0.39 is 0 Å². The third-order valence-electron chi connectivity index (χ3n) is 3.02. The fourth-order valence-electron chi connectivity index (χ4n) is 1.92. The predicted octanol–water partition coefficient (Wildman–Crippen LogP) is 2.45. The number of benzene rings is 1. The molecule has 102 valence electrons. The summed E-state index contributed by atoms with van der Waals surface area (Å²) in [5, 5.41) is 1.05. The molecule has 0 spiro atoms. The van der Waals surface area contributed by atoms with Crippen molar-refractivity contribution >= 4 is 16.7 Å². The van der Waals surface area contributed by atoms with Gasteiger partial charge in [0.2, 0.25) is 0 Å². The van der Waals surface area contributed by atoms with E-state index in [2.05, 4.69) is 9.88 Å². The number of Topliss-reactive ketones (excluding diaryl/α,β-unsaturated/α-hetero) is 1. The molecule has 1 heterocycles. The molecular weight excluding hydrogens is 240 g/mol. The maximum Gasteiger partial charge on any atom is 0.159 e. The molecule has 0 atom stereocenters. The van der Waals surface area contributed by atoms with Crippen molar-refractivity contribution in [3.63, 3.8) is 0 Å². The van der Waals surface area contributed by atoms with E-state index in [9.17, 15) is 4.79 Å². The van der Waals surface area contributed by atoms with Crippen molar-refractivity contribution in [2.75, 3.05) is 27.2 Å². The molecule has 0 saturated heterocycles. The lowest BCUT2D eigenvalue weighted by atomic mass is 10.1. The normalized spacial score (nSPS) is 11.4. The molecule has 0 aliphatic rings. The van der Waals surface area contributed by atoms with Crippen LogP contribution in [0.4, 0.5) is 0 Å². The van der Waals surface area contributed by atoms with E-state index in [-0.39, 0.29) is 5.78 Å². The molecule has 0 aliphatic carbocycles. The number of aromatic nitrogens is 1. The van der Waals surface area contributed by atoms with Gasteiger partial charge in [0.05, 0.1) is 13.2 Å². The number of fused-ring (bicyclic) bond motifs is 1. The van der Waals surface area contributed by atoms with E-state index in [0.29, 0.717) is 13.2 Å². The van der Waals surface area contributed by atoms with Crippen molar-refractivity contribution in [2.24, 2.45) is 0 Å². The highest BCUT2D eigenvalue weighted by Gasteiger charge is 2.04. The SMILES string of the molecule is CC(=O)c1ccc2[nH]c(COCCN(C)C)cc2c1. The number of hydrogen-bond acceptors (Lipinski definition) is 3. The molecule has 4 heteroatoms. The summed E-state index contributed by atoms with van der Waals surface area (Å²) in [5.41, 5.74) is 2.82. The number of carbonyl (C=O) groups excluding carboxylic acids is 1. The summed E-state index contributed by atoms with van der Waals surface area (Å²) >= 11 is 0. The van der Waals surface area contributed by atoms with Crippen molar-refractivity contribution in [1.29, 1.82) is 0 Å². The van der Waals surface area contributed by atoms with E-state index >= 15 is 0 Å². The predicted molar refractivity (Wildman–Crippen MR) is 76.5 cm³/mol. The molecule has 0 saturated carbocycles. The molecule has 0 aliphatic heterocycles. The van der Waals surface area contributed by atoms with Gasteiger partial charge in [-0.3, -0.25) is 4.79 Å². The van der Waals surface area contributed by atoms with Gasteiger partial charge in [0.1, 0.15) is 0 Å². The Labute approximate surface area is 113 Å². The van der Waals surface area contributed by atoms with E-state index in [0.717, 1.165) is 28.7 Å². The Morgan fingerprint density at radius 3 is 2.79 bits per heavy atom. The van der Waals surface area contributed by atoms with Crippen molar-refractivity contribution in [2.45, 2.75) is 13.5 Å². The van der Waals surface area contributed by atoms with E-state index in [4.69, 9.17) is 4.74 Å². The minimum Gasteiger partial charge on any atom is -0.374 e. The van der Waals surface area contributed by atoms with Crippen molar-refractivity contribution in [3.05, 3.63) is 35.5 Å². The quantitative estimate of drug-likeness (QED) is 0.641. The molecule has 4 nitrogen and oxygen atoms in total. The minimum absolute atomic E-state index is 0.0897. The molecular formula is C15H20N2O2. The number of likely N-dealkylation sites (N-methyl/N-ethyl adjacent to an activating group) is 1. The Morgan fingerprint density at radius 1 is 1.32 bits per heavy atom. The van der Waals surface area contributed by atoms with Gasteiger partial charge in [0.15, 0.2) is 5.78 Å². The molecule has 1 N–H and O–H groups in total. The van der Waals surface area contributed by atoms with Crippen LogP contribution in [-0.4, -0.2) is 42.9 Å². The van der Waals surface area contributed by atoms with Crippen LogP contribution in [0.2, 0.25) is 0 Å². The third kappa shape index (κ3) is 3.66. The summed E-state index contributed by atoms with van der Waals surface area (Å²) in [6.07, 6.45) is 0. The van der Waals surface area contributed by atoms with Crippen LogP contribution in [0.1, 0.15) is 23.0 Å². The monoisotopic (exact) mass is 260 g/mol. The van der Waals surface area contributed by atoms with Crippen LogP contribution < -0.4 is 0 Å². The molecule has 2 rings (SSSR count). The highest BCUT2D eigenvalue weighted by atomic mass is 16.5. The summed E-state index contributed by atoms with van der Waals surface area (Å²) in [6.45, 7) is 3.77. The standard InChI is InChI=1S/C15H20N2O2/c1-11(18)12-4-5-15-13(8-12)9-14(16-15)10-19-7-6-17(2)3/h4-5,8-9,16H,6-7,10H2,1-3H3. The number of hydrogen-bond donors (Lipinski definition) is 1. The molecule has 1 aromatic carbocycles. The lowest BCUT2D eigenvalue weighted by molar-refractivity contribution is 0.101. The Bertz CT molecular complexity index is 573. The number of carbonyl (C=O) groups is 1. The zero-order valence-electron chi connectivity index (χ0n) is 11.7. The van der Waals surface area contributed by atoms with Gasteiger partial charge < -0.3 is 14.6 Å². The van der Waals surface area contributed by atoms with Crippen LogP contribution in [0, 0.1) is 0 Å². The van der Waals surface area contributed by atoms with Gasteiger partial charge in [-0.25, -0.2) is 0 Å². The number of nitrogens with one attached hydrogen (secondary N) is 1. The summed E-state index contributed by atoms with van der Waals surface area (Å²) in [5.74, 6) is 0.0897. The van der Waals surface area contributed by atoms with Gasteiger partial charge in [-0.15, -0.1) is 0 Å². The number of nitrogens with zero attached hydrogens (tertiary/aromatic N) is 1. The largest absolute Gasteiger partial charge is 0.374 e. The average molecular weight is 260 g/mol. The second-order valence-corrected chi connectivity index (χ2v) is 5.01. The van der Waals surface area contributed by atoms with Gasteiger partial charge >= 0.3 is 0 Å². The maximum absolute atomic E-state index is 11.3. The Hall–Kier alpha value is -1.65. The first-order chi connectivity index (χ1) is 9.06. The smallest absolute Gasteiger partial charge is 0.159 e. The second kappa shape index (κ2) is 5.99. The molecule has 0 radical (unpaired) electrons. The molecule has 0 fully saturated rings. The van der Waals surface area contributed by atoms with Crippen molar-refractivity contribution in [1.82, 2.24) is 9.88 Å². The summed E-state index contributed by atoms with van der Waals surface area (Å²) in [7, 11) is 4.05. The highest BCUT2D eigenvalue weighted by Crippen LogP contribution is 2.18. The van der Waals surface area contributed by atoms with Gasteiger partial charge in [0.25, 0.3) is 0 Å². The van der Waals surface area contributed by atoms with E-state index in [1.54, 1.807) is 6.92 Å². The lowest BCUT2D eigenvalue weighted by Gasteiger charge is -2.08. The fourth-order valence-corrected chi connectivity index (χ4v) is 1.92. The summed E-state index contributed by atoms with van der Waals surface area (Å²) in [4.78, 5) is 16.7. The number of ketones is 1. The summed E-state index contributed by atoms with van der Waals surface area (Å²) < 4.78 is 5.60. The third-order valence-corrected chi connectivity index (χ3v) is 3.02. The van der Waals surface area contributed by atoms with Crippen LogP contribution >= 0.6 is 0 Å². The first kappa shape index (κ1) is 13.8. The molecule has 19 heavy (non-hydrogen) atoms. The fraction of sp³-hybridized carbons (Fsp3) is 0.400. The van der Waals surface area contributed by atoms with Crippen LogP contribution in [0.15, 0.2) is 24.3 Å². The summed E-state index contributed by atoms with van der Waals surface area (Å²) in [6, 6.07) is 7.74. The number of ether oxygens (including phenoxy) is 1. The van der Waals surface area contributed by atoms with Crippen molar-refractivity contribution < 1.29 is 9.53 Å². The highest BCUT2D eigenvalue weighted by molar-refractivity contribution is 5.98. The number of H-pyrrole nitrogens is 1. The average Bonchev–Trinajstić information content (AvgIpc) is 2.75. The van der Waals surface area contributed by atoms with Crippen LogP contribution in [-0.2, 0) is 11.3 Å². The van der Waals surface area contributed by atoms with Crippen molar-refractivity contribution in [3.8, 4) is 0 Å². The molecule has 0 amide bonds. The minimum atomic E-state index is 0.0897. The maximum atomic E-state index is 11.3. The topological polar surface area (TPSA) is 45.3 Å². The molecule has 0 bridgehead atoms. The zero-order chi connectivity index (χ0) is 13.8. The van der Waals surface area contributed by atoms with E-state index in [1.807, 2.05) is 38.4 Å². The van der Waals surface area contributed by atoms with Crippen LogP contribution in [0.25, 0.3) is 10.9 Å². The Balaban J connectivity index is 2.03. The molecule has 1 aromatic heterocycles. The first-order valence-electron chi connectivity index (χ1n) is 6.41. The first-order valence-corrected chi connectivity index (χ1v) is 6.41. The van der Waals surface area contributed by atoms with Crippen LogP contribution in [0.5, 0.6) is 0 Å². The van der Waals surface area contributed by atoms with Gasteiger partial charge in [-0.05, 0) is 45.3 Å². The van der Waals surface area contributed by atoms with Gasteiger partial charge in [0, 0.05) is 28.7 Å². The number of aromatic amines is 1. The molecule has 0 unspecified atom stereocenters. The molecule has 2 aromatic rings. The second-order valence-electron chi connectivity index (χ2n) is 5.01. The van der Waals surface area contributed by atoms with E-state index in [1.165, 1.54) is 0 Å². The Kier molecular flexibility index (Phi) is 4.35. The zero-order valence-corrected chi connectivity index (χ0v) is 11.7. The Morgan fingerprint density at radius 2 is 2.11 bits per heavy atom.